The lowest BCUT2D eigenvalue weighted by Crippen LogP contribution is -2.29. The van der Waals surface area contributed by atoms with Crippen LogP contribution in [0, 0.1) is 0 Å². The molecule has 3 rings (SSSR count). The van der Waals surface area contributed by atoms with Gasteiger partial charge in [-0.3, -0.25) is 4.90 Å². The summed E-state index contributed by atoms with van der Waals surface area (Å²) in [5.41, 5.74) is 1.49. The van der Waals surface area contributed by atoms with E-state index in [1.807, 2.05) is 48.5 Å². The third kappa shape index (κ3) is 4.18. The molecule has 0 amide bonds. The number of nitrogens with zero attached hydrogens (tertiary/aromatic N) is 1. The molecule has 23 heavy (non-hydrogen) atoms. The van der Waals surface area contributed by atoms with Crippen LogP contribution in [-0.2, 0) is 4.74 Å². The summed E-state index contributed by atoms with van der Waals surface area (Å²) >= 11 is 0. The number of rotatable bonds is 5. The number of benzene rings is 2. The van der Waals surface area contributed by atoms with Crippen molar-refractivity contribution in [3.63, 3.8) is 0 Å². The highest BCUT2D eigenvalue weighted by Crippen LogP contribution is 2.19. The van der Waals surface area contributed by atoms with Crippen molar-refractivity contribution in [1.29, 1.82) is 0 Å². The average molecular weight is 311 g/mol. The first-order valence-corrected chi connectivity index (χ1v) is 7.94. The van der Waals surface area contributed by atoms with E-state index in [9.17, 15) is 9.90 Å². The highest BCUT2D eigenvalue weighted by molar-refractivity contribution is 5.89. The average Bonchev–Trinajstić information content (AvgIpc) is 3.03. The van der Waals surface area contributed by atoms with Crippen molar-refractivity contribution in [2.75, 3.05) is 19.6 Å². The minimum absolute atomic E-state index is 0.106. The predicted molar refractivity (Wildman–Crippen MR) is 88.1 cm³/mol. The molecule has 1 heterocycles. The van der Waals surface area contributed by atoms with Gasteiger partial charge in [-0.25, -0.2) is 4.79 Å². The zero-order valence-electron chi connectivity index (χ0n) is 13.0. The smallest absolute Gasteiger partial charge is 0.338 e. The van der Waals surface area contributed by atoms with Crippen LogP contribution in [0.1, 0.15) is 28.4 Å². The molecule has 1 unspecified atom stereocenters. The molecular weight excluding hydrogens is 290 g/mol. The van der Waals surface area contributed by atoms with Crippen LogP contribution >= 0.6 is 0 Å². The first kappa shape index (κ1) is 15.7. The minimum Gasteiger partial charge on any atom is -0.457 e. The van der Waals surface area contributed by atoms with Crippen molar-refractivity contribution < 1.29 is 14.6 Å². The molecule has 1 fully saturated rings. The van der Waals surface area contributed by atoms with Crippen molar-refractivity contribution in [3.8, 4) is 0 Å². The van der Waals surface area contributed by atoms with Gasteiger partial charge in [-0.2, -0.15) is 0 Å². The highest BCUT2D eigenvalue weighted by atomic mass is 16.5. The van der Waals surface area contributed by atoms with Crippen LogP contribution in [0.3, 0.4) is 0 Å². The van der Waals surface area contributed by atoms with E-state index < -0.39 is 6.10 Å². The van der Waals surface area contributed by atoms with Gasteiger partial charge in [-0.05, 0) is 24.1 Å². The van der Waals surface area contributed by atoms with E-state index >= 15 is 0 Å². The summed E-state index contributed by atoms with van der Waals surface area (Å²) in [6.45, 7) is 2.06. The molecule has 4 nitrogen and oxygen atoms in total. The molecule has 0 radical (unpaired) electrons. The van der Waals surface area contributed by atoms with E-state index in [0.717, 1.165) is 18.5 Å². The number of aliphatic hydroxyl groups is 1. The molecule has 1 N–H and O–H groups in total. The van der Waals surface area contributed by atoms with Crippen LogP contribution in [0.2, 0.25) is 0 Å². The Bertz CT molecular complexity index is 630. The molecule has 4 heteroatoms. The molecular formula is C19H21NO3. The van der Waals surface area contributed by atoms with Gasteiger partial charge in [0.05, 0.1) is 11.7 Å². The standard InChI is InChI=1S/C19H21NO3/c21-18(15-7-3-1-4-8-15)14-20-12-11-17(13-20)23-19(22)16-9-5-2-6-10-16/h1-10,17-18,21H,11-14H2/t17?,18-/m1/s1. The SMILES string of the molecule is O=C(OC1CCN(C[C@@H](O)c2ccccc2)C1)c1ccccc1. The molecule has 0 bridgehead atoms. The predicted octanol–water partition coefficient (Wildman–Crippen LogP) is 2.65. The summed E-state index contributed by atoms with van der Waals surface area (Å²) in [5, 5.41) is 10.3. The van der Waals surface area contributed by atoms with Gasteiger partial charge < -0.3 is 9.84 Å². The summed E-state index contributed by atoms with van der Waals surface area (Å²) in [6, 6.07) is 18.7. The lowest BCUT2D eigenvalue weighted by atomic mass is 10.1. The number of carbonyl (C=O) groups excluding carboxylic acids is 1. The lowest BCUT2D eigenvalue weighted by Gasteiger charge is -2.20. The Kier molecular flexibility index (Phi) is 5.05. The Morgan fingerprint density at radius 3 is 2.48 bits per heavy atom. The largest absolute Gasteiger partial charge is 0.457 e. The van der Waals surface area contributed by atoms with Gasteiger partial charge in [0.15, 0.2) is 0 Å². The van der Waals surface area contributed by atoms with Crippen molar-refractivity contribution in [2.24, 2.45) is 0 Å². The topological polar surface area (TPSA) is 49.8 Å². The summed E-state index contributed by atoms with van der Waals surface area (Å²) in [4.78, 5) is 14.2. The zero-order valence-corrected chi connectivity index (χ0v) is 13.0. The minimum atomic E-state index is -0.514. The fourth-order valence-electron chi connectivity index (χ4n) is 2.88. The number of esters is 1. The Morgan fingerprint density at radius 1 is 1.13 bits per heavy atom. The molecule has 2 aromatic rings. The van der Waals surface area contributed by atoms with E-state index in [-0.39, 0.29) is 12.1 Å². The summed E-state index contributed by atoms with van der Waals surface area (Å²) < 4.78 is 5.55. The summed E-state index contributed by atoms with van der Waals surface area (Å²) in [5.74, 6) is -0.277. The van der Waals surface area contributed by atoms with Crippen LogP contribution in [0.25, 0.3) is 0 Å². The van der Waals surface area contributed by atoms with E-state index in [1.165, 1.54) is 0 Å². The van der Waals surface area contributed by atoms with Gasteiger partial charge in [0.2, 0.25) is 0 Å². The van der Waals surface area contributed by atoms with Crippen molar-refractivity contribution >= 4 is 5.97 Å². The Hall–Kier alpha value is -2.17. The van der Waals surface area contributed by atoms with Gasteiger partial charge in [-0.15, -0.1) is 0 Å². The van der Waals surface area contributed by atoms with Crippen molar-refractivity contribution in [2.45, 2.75) is 18.6 Å². The molecule has 2 aromatic carbocycles. The van der Waals surface area contributed by atoms with Crippen LogP contribution in [0.4, 0.5) is 0 Å². The second-order valence-electron chi connectivity index (χ2n) is 5.87. The summed E-state index contributed by atoms with van der Waals surface area (Å²) in [6.07, 6.45) is 0.186. The number of β-amino-alcohol motifs (C(OH)–C–C–N with tert-alkyl or cyclic N) is 1. The molecule has 1 aliphatic rings. The van der Waals surface area contributed by atoms with Gasteiger partial charge in [-0.1, -0.05) is 48.5 Å². The molecule has 1 saturated heterocycles. The maximum atomic E-state index is 12.1. The molecule has 0 spiro atoms. The van der Waals surface area contributed by atoms with Gasteiger partial charge in [0.25, 0.3) is 0 Å². The molecule has 2 atom stereocenters. The number of likely N-dealkylation sites (tertiary alicyclic amines) is 1. The third-order valence-electron chi connectivity index (χ3n) is 4.13. The first-order valence-electron chi connectivity index (χ1n) is 7.94. The van der Waals surface area contributed by atoms with E-state index in [4.69, 9.17) is 4.74 Å². The normalized spacial score (nSPS) is 19.4. The van der Waals surface area contributed by atoms with Crippen LogP contribution in [0.5, 0.6) is 0 Å². The number of ether oxygens (including phenoxy) is 1. The Morgan fingerprint density at radius 2 is 1.78 bits per heavy atom. The highest BCUT2D eigenvalue weighted by Gasteiger charge is 2.27. The van der Waals surface area contributed by atoms with E-state index in [0.29, 0.717) is 18.7 Å². The molecule has 0 aliphatic carbocycles. The number of hydrogen-bond acceptors (Lipinski definition) is 4. The van der Waals surface area contributed by atoms with Gasteiger partial charge in [0.1, 0.15) is 6.10 Å². The fraction of sp³-hybridized carbons (Fsp3) is 0.316. The molecule has 0 aromatic heterocycles. The second-order valence-corrected chi connectivity index (χ2v) is 5.87. The third-order valence-corrected chi connectivity index (χ3v) is 4.13. The van der Waals surface area contributed by atoms with Crippen LogP contribution in [0.15, 0.2) is 60.7 Å². The molecule has 0 saturated carbocycles. The maximum absolute atomic E-state index is 12.1. The van der Waals surface area contributed by atoms with E-state index in [2.05, 4.69) is 4.90 Å². The van der Waals surface area contributed by atoms with Gasteiger partial charge in [0, 0.05) is 19.6 Å². The number of hydrogen-bond donors (Lipinski definition) is 1. The second kappa shape index (κ2) is 7.40. The monoisotopic (exact) mass is 311 g/mol. The number of aliphatic hydroxyl groups excluding tert-OH is 1. The lowest BCUT2D eigenvalue weighted by molar-refractivity contribution is 0.0309. The summed E-state index contributed by atoms with van der Waals surface area (Å²) in [7, 11) is 0. The Labute approximate surface area is 136 Å². The zero-order chi connectivity index (χ0) is 16.1. The molecule has 1 aliphatic heterocycles. The van der Waals surface area contributed by atoms with Crippen molar-refractivity contribution in [1.82, 2.24) is 4.90 Å². The van der Waals surface area contributed by atoms with Gasteiger partial charge >= 0.3 is 5.97 Å². The van der Waals surface area contributed by atoms with Crippen molar-refractivity contribution in [3.05, 3.63) is 71.8 Å². The quantitative estimate of drug-likeness (QED) is 0.863. The maximum Gasteiger partial charge on any atom is 0.338 e. The molecule has 120 valence electrons. The van der Waals surface area contributed by atoms with Crippen LogP contribution in [-0.4, -0.2) is 41.7 Å². The number of carbonyl (C=O) groups is 1. The Balaban J connectivity index is 1.50. The van der Waals surface area contributed by atoms with Crippen LogP contribution < -0.4 is 0 Å². The fourth-order valence-corrected chi connectivity index (χ4v) is 2.88. The van der Waals surface area contributed by atoms with E-state index in [1.54, 1.807) is 12.1 Å². The first-order chi connectivity index (χ1) is 11.2.